The van der Waals surface area contributed by atoms with Gasteiger partial charge in [0.05, 0.1) is 16.3 Å². The predicted octanol–water partition coefficient (Wildman–Crippen LogP) is 1.10. The molecule has 1 aromatic rings. The van der Waals surface area contributed by atoms with Gasteiger partial charge in [0.25, 0.3) is 0 Å². The molecule has 2 saturated heterocycles. The van der Waals surface area contributed by atoms with Crippen LogP contribution < -0.4 is 10.0 Å². The Morgan fingerprint density at radius 3 is 2.60 bits per heavy atom. The molecule has 10 heteroatoms. The second-order valence-corrected chi connectivity index (χ2v) is 10.4. The molecule has 2 aliphatic rings. The summed E-state index contributed by atoms with van der Waals surface area (Å²) in [5.74, 6) is -1.11. The first kappa shape index (κ1) is 18.6. The van der Waals surface area contributed by atoms with Crippen LogP contribution in [0.1, 0.15) is 26.2 Å². The van der Waals surface area contributed by atoms with Gasteiger partial charge in [0, 0.05) is 25.2 Å². The minimum Gasteiger partial charge on any atom is -0.310 e. The molecule has 0 aromatic heterocycles. The molecule has 0 amide bonds. The van der Waals surface area contributed by atoms with Crippen LogP contribution in [0, 0.1) is 5.82 Å². The van der Waals surface area contributed by atoms with Crippen LogP contribution in [-0.2, 0) is 20.0 Å². The maximum absolute atomic E-state index is 14.2. The second kappa shape index (κ2) is 6.82. The third-order valence-corrected chi connectivity index (χ3v) is 7.86. The Hall–Kier alpha value is -1.23. The van der Waals surface area contributed by atoms with Crippen LogP contribution in [0.15, 0.2) is 23.1 Å². The number of rotatable bonds is 5. The molecule has 2 heterocycles. The van der Waals surface area contributed by atoms with Crippen LogP contribution in [-0.4, -0.2) is 52.1 Å². The lowest BCUT2D eigenvalue weighted by atomic mass is 10.1. The maximum Gasteiger partial charge on any atom is 0.243 e. The Bertz CT molecular complexity index is 858. The summed E-state index contributed by atoms with van der Waals surface area (Å²) in [6.45, 7) is 2.19. The van der Waals surface area contributed by atoms with E-state index >= 15 is 0 Å². The van der Waals surface area contributed by atoms with Crippen LogP contribution in [0.25, 0.3) is 0 Å². The van der Waals surface area contributed by atoms with Crippen molar-refractivity contribution in [1.82, 2.24) is 9.62 Å². The van der Waals surface area contributed by atoms with E-state index in [1.807, 2.05) is 0 Å². The summed E-state index contributed by atoms with van der Waals surface area (Å²) < 4.78 is 66.4. The smallest absolute Gasteiger partial charge is 0.243 e. The molecule has 2 N–H and O–H groups in total. The highest BCUT2D eigenvalue weighted by atomic mass is 32.2. The van der Waals surface area contributed by atoms with Gasteiger partial charge in [-0.15, -0.1) is 0 Å². The van der Waals surface area contributed by atoms with Gasteiger partial charge >= 0.3 is 0 Å². The topological polar surface area (TPSA) is 95.6 Å². The summed E-state index contributed by atoms with van der Waals surface area (Å²) in [5.41, 5.74) is -0.252. The SMILES string of the molecule is CCS(=O)(=O)Nc1ccc(S(=O)(=O)N2CCC3CCC(C2)N3)cc1F. The van der Waals surface area contributed by atoms with Crippen LogP contribution in [0.4, 0.5) is 10.1 Å². The number of fused-ring (bicyclic) bond motifs is 2. The van der Waals surface area contributed by atoms with Crippen LogP contribution in [0.2, 0.25) is 0 Å². The molecular weight excluding hydrogens is 369 g/mol. The first-order valence-corrected chi connectivity index (χ1v) is 11.4. The Morgan fingerprint density at radius 1 is 1.20 bits per heavy atom. The fourth-order valence-electron chi connectivity index (χ4n) is 3.26. The first-order chi connectivity index (χ1) is 11.7. The zero-order chi connectivity index (χ0) is 18.2. The van der Waals surface area contributed by atoms with E-state index in [1.54, 1.807) is 0 Å². The largest absolute Gasteiger partial charge is 0.310 e. The van der Waals surface area contributed by atoms with Gasteiger partial charge in [0.2, 0.25) is 20.0 Å². The minimum atomic E-state index is -3.82. The van der Waals surface area contributed by atoms with Gasteiger partial charge in [0.15, 0.2) is 0 Å². The molecule has 0 radical (unpaired) electrons. The molecule has 0 aliphatic carbocycles. The van der Waals surface area contributed by atoms with Crippen molar-refractivity contribution >= 4 is 25.7 Å². The molecule has 2 aliphatic heterocycles. The quantitative estimate of drug-likeness (QED) is 0.784. The Kier molecular flexibility index (Phi) is 5.06. The number of nitrogens with one attached hydrogen (secondary N) is 2. The molecule has 2 unspecified atom stereocenters. The van der Waals surface area contributed by atoms with Crippen LogP contribution >= 0.6 is 0 Å². The summed E-state index contributed by atoms with van der Waals surface area (Å²) in [6.07, 6.45) is 2.72. The average Bonchev–Trinajstić information content (AvgIpc) is 2.87. The fourth-order valence-corrected chi connectivity index (χ4v) is 5.41. The van der Waals surface area contributed by atoms with Gasteiger partial charge in [-0.05, 0) is 44.4 Å². The van der Waals surface area contributed by atoms with Crippen LogP contribution in [0.3, 0.4) is 0 Å². The molecule has 0 saturated carbocycles. The van der Waals surface area contributed by atoms with Crippen molar-refractivity contribution in [3.8, 4) is 0 Å². The molecule has 0 spiro atoms. The molecular formula is C15H22FN3O4S2. The lowest BCUT2D eigenvalue weighted by Gasteiger charge is -2.23. The van der Waals surface area contributed by atoms with E-state index in [-0.39, 0.29) is 22.4 Å². The molecule has 1 aromatic carbocycles. The van der Waals surface area contributed by atoms with Crippen molar-refractivity contribution in [3.63, 3.8) is 0 Å². The highest BCUT2D eigenvalue weighted by molar-refractivity contribution is 7.92. The molecule has 2 fully saturated rings. The summed E-state index contributed by atoms with van der Waals surface area (Å²) in [5, 5.41) is 3.40. The number of sulfonamides is 2. The molecule has 25 heavy (non-hydrogen) atoms. The highest BCUT2D eigenvalue weighted by Gasteiger charge is 2.35. The molecule has 2 atom stereocenters. The Morgan fingerprint density at radius 2 is 1.92 bits per heavy atom. The number of halogens is 1. The average molecular weight is 391 g/mol. The van der Waals surface area contributed by atoms with E-state index in [9.17, 15) is 21.2 Å². The Balaban J connectivity index is 1.84. The zero-order valence-electron chi connectivity index (χ0n) is 13.9. The van der Waals surface area contributed by atoms with E-state index in [1.165, 1.54) is 17.3 Å². The number of anilines is 1. The Labute approximate surface area is 147 Å². The van der Waals surface area contributed by atoms with Crippen molar-refractivity contribution in [2.24, 2.45) is 0 Å². The number of hydrogen-bond acceptors (Lipinski definition) is 5. The van der Waals surface area contributed by atoms with Crippen molar-refractivity contribution in [2.45, 2.75) is 43.2 Å². The zero-order valence-corrected chi connectivity index (χ0v) is 15.5. The van der Waals surface area contributed by atoms with Crippen LogP contribution in [0.5, 0.6) is 0 Å². The van der Waals surface area contributed by atoms with Crippen molar-refractivity contribution < 1.29 is 21.2 Å². The monoisotopic (exact) mass is 391 g/mol. The third kappa shape index (κ3) is 3.97. The highest BCUT2D eigenvalue weighted by Crippen LogP contribution is 2.27. The van der Waals surface area contributed by atoms with Gasteiger partial charge in [-0.1, -0.05) is 0 Å². The molecule has 140 valence electrons. The summed E-state index contributed by atoms with van der Waals surface area (Å²) in [7, 11) is -7.45. The van der Waals surface area contributed by atoms with Gasteiger partial charge in [0.1, 0.15) is 5.82 Å². The van der Waals surface area contributed by atoms with E-state index in [0.717, 1.165) is 31.4 Å². The number of hydrogen-bond donors (Lipinski definition) is 2. The predicted molar refractivity (Wildman–Crippen MR) is 92.8 cm³/mol. The van der Waals surface area contributed by atoms with Gasteiger partial charge < -0.3 is 5.32 Å². The maximum atomic E-state index is 14.2. The molecule has 2 bridgehead atoms. The number of benzene rings is 1. The fraction of sp³-hybridized carbons (Fsp3) is 0.600. The summed E-state index contributed by atoms with van der Waals surface area (Å²) in [6, 6.07) is 3.73. The van der Waals surface area contributed by atoms with Crippen molar-refractivity contribution in [2.75, 3.05) is 23.6 Å². The molecule has 7 nitrogen and oxygen atoms in total. The normalized spacial score (nSPS) is 24.9. The minimum absolute atomic E-state index is 0.128. The lowest BCUT2D eigenvalue weighted by Crippen LogP contribution is -2.39. The van der Waals surface area contributed by atoms with E-state index in [2.05, 4.69) is 10.0 Å². The van der Waals surface area contributed by atoms with Crippen molar-refractivity contribution in [3.05, 3.63) is 24.0 Å². The van der Waals surface area contributed by atoms with Gasteiger partial charge in [-0.2, -0.15) is 4.31 Å². The van der Waals surface area contributed by atoms with E-state index in [4.69, 9.17) is 0 Å². The lowest BCUT2D eigenvalue weighted by molar-refractivity contribution is 0.383. The second-order valence-electron chi connectivity index (χ2n) is 6.44. The van der Waals surface area contributed by atoms with Gasteiger partial charge in [-0.25, -0.2) is 21.2 Å². The third-order valence-electron chi connectivity index (χ3n) is 4.71. The summed E-state index contributed by atoms with van der Waals surface area (Å²) in [4.78, 5) is -0.165. The first-order valence-electron chi connectivity index (χ1n) is 8.27. The number of nitrogens with zero attached hydrogens (tertiary/aromatic N) is 1. The van der Waals surface area contributed by atoms with Crippen molar-refractivity contribution in [1.29, 1.82) is 0 Å². The van der Waals surface area contributed by atoms with E-state index in [0.29, 0.717) is 19.1 Å². The van der Waals surface area contributed by atoms with E-state index < -0.39 is 25.9 Å². The molecule has 3 rings (SSSR count). The summed E-state index contributed by atoms with van der Waals surface area (Å²) >= 11 is 0. The standard InChI is InChI=1S/C15H22FN3O4S2/c1-2-24(20,21)18-15-6-5-13(9-14(15)16)25(22,23)19-8-7-11-3-4-12(10-19)17-11/h5-6,9,11-12,17-18H,2-4,7-8,10H2,1H3. The van der Waals surface area contributed by atoms with Gasteiger partial charge in [-0.3, -0.25) is 4.72 Å².